The zero-order valence-electron chi connectivity index (χ0n) is 8.90. The zero-order valence-corrected chi connectivity index (χ0v) is 9.65. The topological polar surface area (TPSA) is 75.2 Å². The maximum Gasteiger partial charge on any atom is 0.264 e. The molecule has 1 heterocycles. The van der Waals surface area contributed by atoms with Crippen molar-refractivity contribution in [2.45, 2.75) is 0 Å². The molecule has 1 aromatic carbocycles. The van der Waals surface area contributed by atoms with Gasteiger partial charge in [-0.05, 0) is 12.1 Å². The zero-order chi connectivity index (χ0) is 12.4. The van der Waals surface area contributed by atoms with Crippen molar-refractivity contribution in [3.8, 4) is 22.8 Å². The Bertz CT molecular complexity index is 590. The fourth-order valence-electron chi connectivity index (χ4n) is 1.40. The molecule has 2 N–H and O–H groups in total. The molecule has 0 radical (unpaired) electrons. The van der Waals surface area contributed by atoms with E-state index in [0.717, 1.165) is 0 Å². The molecule has 0 aliphatic heterocycles. The van der Waals surface area contributed by atoms with E-state index in [1.54, 1.807) is 0 Å². The summed E-state index contributed by atoms with van der Waals surface area (Å²) < 4.78 is 4.97. The first-order valence-corrected chi connectivity index (χ1v) is 5.12. The number of nitrogens with one attached hydrogen (secondary N) is 1. The molecule has 2 aromatic rings. The van der Waals surface area contributed by atoms with Crippen LogP contribution in [0.5, 0.6) is 11.5 Å². The fourth-order valence-corrected chi connectivity index (χ4v) is 1.64. The van der Waals surface area contributed by atoms with E-state index in [9.17, 15) is 9.90 Å². The second-order valence-corrected chi connectivity index (χ2v) is 3.72. The number of nitrogens with zero attached hydrogens (tertiary/aromatic N) is 1. The standard InChI is InChI=1S/C11H9ClN2O3/c1-17-10-5-9(15)6(4-7(10)12)8-2-3-11(16)14-13-8/h2-5,15H,1H3,(H,14,16). The van der Waals surface area contributed by atoms with Gasteiger partial charge in [-0.25, -0.2) is 5.10 Å². The van der Waals surface area contributed by atoms with Crippen LogP contribution >= 0.6 is 11.6 Å². The van der Waals surface area contributed by atoms with Crippen LogP contribution in [0.4, 0.5) is 0 Å². The van der Waals surface area contributed by atoms with Gasteiger partial charge in [0.05, 0.1) is 17.8 Å². The van der Waals surface area contributed by atoms with Crippen molar-refractivity contribution in [3.05, 3.63) is 39.6 Å². The summed E-state index contributed by atoms with van der Waals surface area (Å²) in [5.41, 5.74) is 0.534. The number of hydrogen-bond donors (Lipinski definition) is 2. The van der Waals surface area contributed by atoms with Gasteiger partial charge in [0.2, 0.25) is 0 Å². The monoisotopic (exact) mass is 252 g/mol. The summed E-state index contributed by atoms with van der Waals surface area (Å²) in [6.07, 6.45) is 0. The number of aromatic amines is 1. The van der Waals surface area contributed by atoms with E-state index >= 15 is 0 Å². The summed E-state index contributed by atoms with van der Waals surface area (Å²) >= 11 is 5.95. The van der Waals surface area contributed by atoms with Gasteiger partial charge in [0.25, 0.3) is 5.56 Å². The van der Waals surface area contributed by atoms with Gasteiger partial charge in [0.1, 0.15) is 11.5 Å². The maximum absolute atomic E-state index is 10.9. The number of ether oxygens (including phenoxy) is 1. The summed E-state index contributed by atoms with van der Waals surface area (Å²) in [6.45, 7) is 0. The first-order chi connectivity index (χ1) is 8.11. The third-order valence-electron chi connectivity index (χ3n) is 2.23. The first kappa shape index (κ1) is 11.5. The van der Waals surface area contributed by atoms with Gasteiger partial charge in [-0.15, -0.1) is 0 Å². The minimum absolute atomic E-state index is 0.0224. The van der Waals surface area contributed by atoms with E-state index in [1.807, 2.05) is 0 Å². The van der Waals surface area contributed by atoms with Crippen LogP contribution < -0.4 is 10.3 Å². The summed E-state index contributed by atoms with van der Waals surface area (Å²) in [4.78, 5) is 10.9. The lowest BCUT2D eigenvalue weighted by Crippen LogP contribution is -2.05. The molecule has 17 heavy (non-hydrogen) atoms. The summed E-state index contributed by atoms with van der Waals surface area (Å²) in [7, 11) is 1.46. The highest BCUT2D eigenvalue weighted by molar-refractivity contribution is 6.32. The third kappa shape index (κ3) is 2.24. The van der Waals surface area contributed by atoms with Gasteiger partial charge < -0.3 is 9.84 Å². The van der Waals surface area contributed by atoms with E-state index in [1.165, 1.54) is 31.4 Å². The molecule has 1 aromatic heterocycles. The Balaban J connectivity index is 2.56. The van der Waals surface area contributed by atoms with E-state index < -0.39 is 0 Å². The van der Waals surface area contributed by atoms with Crippen molar-refractivity contribution >= 4 is 11.6 Å². The molecule has 6 heteroatoms. The Morgan fingerprint density at radius 2 is 2.18 bits per heavy atom. The van der Waals surface area contributed by atoms with Crippen LogP contribution in [0.3, 0.4) is 0 Å². The highest BCUT2D eigenvalue weighted by Gasteiger charge is 2.11. The summed E-state index contributed by atoms with van der Waals surface area (Å²) in [5, 5.41) is 16.2. The number of aromatic hydroxyl groups is 1. The SMILES string of the molecule is COc1cc(O)c(-c2ccc(=O)[nH]n2)cc1Cl. The number of benzene rings is 1. The molecule has 0 unspecified atom stereocenters. The minimum Gasteiger partial charge on any atom is -0.507 e. The van der Waals surface area contributed by atoms with Crippen molar-refractivity contribution in [1.82, 2.24) is 10.2 Å². The molecule has 0 bridgehead atoms. The average Bonchev–Trinajstić information content (AvgIpc) is 2.33. The Hall–Kier alpha value is -2.01. The van der Waals surface area contributed by atoms with E-state index in [-0.39, 0.29) is 11.3 Å². The molecule has 5 nitrogen and oxygen atoms in total. The van der Waals surface area contributed by atoms with Crippen LogP contribution in [-0.4, -0.2) is 22.4 Å². The lowest BCUT2D eigenvalue weighted by atomic mass is 10.1. The number of hydrogen-bond acceptors (Lipinski definition) is 4. The molecule has 0 amide bonds. The van der Waals surface area contributed by atoms with Gasteiger partial charge in [0.15, 0.2) is 0 Å². The highest BCUT2D eigenvalue weighted by atomic mass is 35.5. The molecular weight excluding hydrogens is 244 g/mol. The molecule has 0 fully saturated rings. The smallest absolute Gasteiger partial charge is 0.264 e. The average molecular weight is 253 g/mol. The van der Waals surface area contributed by atoms with Crippen LogP contribution in [0.1, 0.15) is 0 Å². The number of aromatic nitrogens is 2. The van der Waals surface area contributed by atoms with Gasteiger partial charge in [-0.3, -0.25) is 4.79 Å². The third-order valence-corrected chi connectivity index (χ3v) is 2.52. The Labute approximate surface area is 102 Å². The minimum atomic E-state index is -0.312. The fraction of sp³-hybridized carbons (Fsp3) is 0.0909. The van der Waals surface area contributed by atoms with Crippen molar-refractivity contribution in [2.75, 3.05) is 7.11 Å². The first-order valence-electron chi connectivity index (χ1n) is 4.74. The predicted molar refractivity (Wildman–Crippen MR) is 63.5 cm³/mol. The Morgan fingerprint density at radius 1 is 1.41 bits per heavy atom. The quantitative estimate of drug-likeness (QED) is 0.855. The number of methoxy groups -OCH3 is 1. The van der Waals surface area contributed by atoms with Crippen molar-refractivity contribution in [1.29, 1.82) is 0 Å². The number of rotatable bonds is 2. The molecule has 0 aliphatic rings. The summed E-state index contributed by atoms with van der Waals surface area (Å²) in [5.74, 6) is 0.350. The van der Waals surface area contributed by atoms with E-state index in [2.05, 4.69) is 10.2 Å². The molecule has 0 spiro atoms. The molecule has 2 rings (SSSR count). The molecule has 0 atom stereocenters. The normalized spacial score (nSPS) is 10.2. The van der Waals surface area contributed by atoms with Crippen LogP contribution in [-0.2, 0) is 0 Å². The largest absolute Gasteiger partial charge is 0.507 e. The molecule has 0 saturated carbocycles. The van der Waals surface area contributed by atoms with Gasteiger partial charge >= 0.3 is 0 Å². The predicted octanol–water partition coefficient (Wildman–Crippen LogP) is 1.80. The number of H-pyrrole nitrogens is 1. The summed E-state index contributed by atoms with van der Waals surface area (Å²) in [6, 6.07) is 5.73. The highest BCUT2D eigenvalue weighted by Crippen LogP contribution is 2.36. The Kier molecular flexibility index (Phi) is 3.01. The maximum atomic E-state index is 10.9. The number of phenolic OH excluding ortho intramolecular Hbond substituents is 1. The van der Waals surface area contributed by atoms with E-state index in [0.29, 0.717) is 22.0 Å². The van der Waals surface area contributed by atoms with Gasteiger partial charge in [-0.2, -0.15) is 5.10 Å². The second-order valence-electron chi connectivity index (χ2n) is 3.31. The Morgan fingerprint density at radius 3 is 2.76 bits per heavy atom. The lowest BCUT2D eigenvalue weighted by Gasteiger charge is -2.08. The van der Waals surface area contributed by atoms with E-state index in [4.69, 9.17) is 16.3 Å². The number of phenols is 1. The van der Waals surface area contributed by atoms with Gasteiger partial charge in [0, 0.05) is 17.7 Å². The number of halogens is 1. The molecule has 88 valence electrons. The van der Waals surface area contributed by atoms with Crippen LogP contribution in [0.15, 0.2) is 29.1 Å². The lowest BCUT2D eigenvalue weighted by molar-refractivity contribution is 0.408. The molecule has 0 aliphatic carbocycles. The van der Waals surface area contributed by atoms with Crippen LogP contribution in [0.25, 0.3) is 11.3 Å². The van der Waals surface area contributed by atoms with Crippen LogP contribution in [0.2, 0.25) is 5.02 Å². The molecule has 0 saturated heterocycles. The van der Waals surface area contributed by atoms with Gasteiger partial charge in [-0.1, -0.05) is 11.6 Å². The van der Waals surface area contributed by atoms with Crippen LogP contribution in [0, 0.1) is 0 Å². The second kappa shape index (κ2) is 4.47. The van der Waals surface area contributed by atoms with Crippen molar-refractivity contribution in [3.63, 3.8) is 0 Å². The van der Waals surface area contributed by atoms with Crippen molar-refractivity contribution < 1.29 is 9.84 Å². The van der Waals surface area contributed by atoms with Crippen molar-refractivity contribution in [2.24, 2.45) is 0 Å². The molecular formula is C11H9ClN2O3.